The number of rotatable bonds is 6. The van der Waals surface area contributed by atoms with Gasteiger partial charge in [0, 0.05) is 13.5 Å². The van der Waals surface area contributed by atoms with Crippen molar-refractivity contribution in [2.75, 3.05) is 13.1 Å². The van der Waals surface area contributed by atoms with Crippen molar-refractivity contribution in [2.45, 2.75) is 13.0 Å². The molecule has 0 spiro atoms. The Morgan fingerprint density at radius 3 is 2.36 bits per heavy atom. The third-order valence-corrected chi connectivity index (χ3v) is 1.32. The third-order valence-electron chi connectivity index (χ3n) is 1.32. The van der Waals surface area contributed by atoms with Gasteiger partial charge in [0.05, 0.1) is 6.54 Å². The highest BCUT2D eigenvalue weighted by atomic mass is 16.4. The van der Waals surface area contributed by atoms with Crippen molar-refractivity contribution in [3.8, 4) is 0 Å². The van der Waals surface area contributed by atoms with Gasteiger partial charge in [0.1, 0.15) is 6.04 Å². The minimum atomic E-state index is -1.17. The van der Waals surface area contributed by atoms with E-state index in [9.17, 15) is 14.4 Å². The van der Waals surface area contributed by atoms with Crippen LogP contribution in [-0.4, -0.2) is 42.0 Å². The van der Waals surface area contributed by atoms with E-state index in [-0.39, 0.29) is 13.1 Å². The van der Waals surface area contributed by atoms with E-state index in [1.165, 1.54) is 6.92 Å². The minimum Gasteiger partial charge on any atom is -0.480 e. The average molecular weight is 203 g/mol. The van der Waals surface area contributed by atoms with Crippen LogP contribution in [0.2, 0.25) is 0 Å². The first kappa shape index (κ1) is 12.4. The molecule has 0 heterocycles. The molecule has 0 aromatic rings. The van der Waals surface area contributed by atoms with E-state index in [0.29, 0.717) is 0 Å². The van der Waals surface area contributed by atoms with Crippen LogP contribution in [0.15, 0.2) is 0 Å². The minimum absolute atomic E-state index is 0.0438. The van der Waals surface area contributed by atoms with Crippen LogP contribution in [0, 0.1) is 0 Å². The van der Waals surface area contributed by atoms with Crippen LogP contribution in [0.5, 0.6) is 0 Å². The van der Waals surface area contributed by atoms with E-state index in [4.69, 9.17) is 10.8 Å². The second-order valence-corrected chi connectivity index (χ2v) is 2.69. The van der Waals surface area contributed by atoms with Crippen LogP contribution in [-0.2, 0) is 14.4 Å². The van der Waals surface area contributed by atoms with Crippen LogP contribution in [0.25, 0.3) is 0 Å². The summed E-state index contributed by atoms with van der Waals surface area (Å²) in [6.07, 6.45) is 0. The number of amides is 2. The molecule has 0 radical (unpaired) electrons. The standard InChI is InChI=1S/C7H13N3O4/c1-4(11)10-5(7(13)14)2-9-3-6(8)12/h5,9H,2-3H2,1H3,(H2,8,12)(H,10,11)(H,13,14). The summed E-state index contributed by atoms with van der Waals surface area (Å²) in [7, 11) is 0. The Morgan fingerprint density at radius 1 is 1.43 bits per heavy atom. The molecule has 0 rings (SSSR count). The number of nitrogens with one attached hydrogen (secondary N) is 2. The summed E-state index contributed by atoms with van der Waals surface area (Å²) >= 11 is 0. The van der Waals surface area contributed by atoms with Crippen LogP contribution in [0.3, 0.4) is 0 Å². The molecule has 0 saturated heterocycles. The van der Waals surface area contributed by atoms with Crippen molar-refractivity contribution < 1.29 is 19.5 Å². The molecule has 1 unspecified atom stereocenters. The van der Waals surface area contributed by atoms with Crippen molar-refractivity contribution in [3.05, 3.63) is 0 Å². The van der Waals surface area contributed by atoms with Gasteiger partial charge in [0.2, 0.25) is 11.8 Å². The summed E-state index contributed by atoms with van der Waals surface area (Å²) in [5.74, 6) is -2.20. The monoisotopic (exact) mass is 203 g/mol. The van der Waals surface area contributed by atoms with E-state index in [2.05, 4.69) is 10.6 Å². The molecular formula is C7H13N3O4. The van der Waals surface area contributed by atoms with Crippen molar-refractivity contribution >= 4 is 17.8 Å². The van der Waals surface area contributed by atoms with Gasteiger partial charge in [-0.25, -0.2) is 4.79 Å². The number of hydrogen-bond donors (Lipinski definition) is 4. The Morgan fingerprint density at radius 2 is 2.00 bits per heavy atom. The first-order valence-corrected chi connectivity index (χ1v) is 3.92. The first-order valence-electron chi connectivity index (χ1n) is 3.92. The number of primary amides is 1. The largest absolute Gasteiger partial charge is 0.480 e. The summed E-state index contributed by atoms with van der Waals surface area (Å²) in [5, 5.41) is 13.3. The molecule has 80 valence electrons. The van der Waals surface area contributed by atoms with E-state index in [1.54, 1.807) is 0 Å². The fourth-order valence-corrected chi connectivity index (χ4v) is 0.785. The molecule has 1 atom stereocenters. The number of nitrogens with two attached hydrogens (primary N) is 1. The summed E-state index contributed by atoms with van der Waals surface area (Å²) < 4.78 is 0. The molecule has 0 aromatic carbocycles. The highest BCUT2D eigenvalue weighted by molar-refractivity contribution is 5.82. The van der Waals surface area contributed by atoms with Gasteiger partial charge in [0.15, 0.2) is 0 Å². The van der Waals surface area contributed by atoms with Gasteiger partial charge >= 0.3 is 5.97 Å². The number of carbonyl (C=O) groups excluding carboxylic acids is 2. The molecule has 0 aromatic heterocycles. The van der Waals surface area contributed by atoms with Gasteiger partial charge < -0.3 is 21.5 Å². The van der Waals surface area contributed by atoms with E-state index in [0.717, 1.165) is 0 Å². The molecule has 7 heteroatoms. The number of hydrogen-bond acceptors (Lipinski definition) is 4. The van der Waals surface area contributed by atoms with Gasteiger partial charge in [-0.1, -0.05) is 0 Å². The highest BCUT2D eigenvalue weighted by Gasteiger charge is 2.17. The van der Waals surface area contributed by atoms with E-state index < -0.39 is 23.8 Å². The molecule has 0 aliphatic heterocycles. The molecule has 0 fully saturated rings. The maximum absolute atomic E-state index is 10.6. The van der Waals surface area contributed by atoms with Gasteiger partial charge in [-0.15, -0.1) is 0 Å². The summed E-state index contributed by atoms with van der Waals surface area (Å²) in [6.45, 7) is 1.05. The molecule has 5 N–H and O–H groups in total. The van der Waals surface area contributed by atoms with E-state index >= 15 is 0 Å². The topological polar surface area (TPSA) is 122 Å². The second-order valence-electron chi connectivity index (χ2n) is 2.69. The third kappa shape index (κ3) is 5.95. The lowest BCUT2D eigenvalue weighted by molar-refractivity contribution is -0.141. The quantitative estimate of drug-likeness (QED) is 0.385. The Hall–Kier alpha value is -1.63. The summed E-state index contributed by atoms with van der Waals surface area (Å²) in [6, 6.07) is -1.05. The number of aliphatic carboxylic acids is 1. The molecule has 0 saturated carbocycles. The van der Waals surface area contributed by atoms with Crippen molar-refractivity contribution in [1.82, 2.24) is 10.6 Å². The fourth-order valence-electron chi connectivity index (χ4n) is 0.785. The lowest BCUT2D eigenvalue weighted by Gasteiger charge is -2.12. The zero-order valence-electron chi connectivity index (χ0n) is 7.74. The fraction of sp³-hybridized carbons (Fsp3) is 0.571. The maximum atomic E-state index is 10.6. The van der Waals surface area contributed by atoms with Crippen LogP contribution >= 0.6 is 0 Å². The van der Waals surface area contributed by atoms with Gasteiger partial charge in [-0.05, 0) is 0 Å². The van der Waals surface area contributed by atoms with Crippen molar-refractivity contribution in [3.63, 3.8) is 0 Å². The lowest BCUT2D eigenvalue weighted by atomic mass is 10.3. The molecule has 14 heavy (non-hydrogen) atoms. The van der Waals surface area contributed by atoms with Crippen LogP contribution in [0.1, 0.15) is 6.92 Å². The average Bonchev–Trinajstić information content (AvgIpc) is 2.00. The summed E-state index contributed by atoms with van der Waals surface area (Å²) in [5.41, 5.74) is 4.82. The zero-order valence-corrected chi connectivity index (χ0v) is 7.74. The zero-order chi connectivity index (χ0) is 11.1. The molecule has 0 aliphatic carbocycles. The van der Waals surface area contributed by atoms with Crippen molar-refractivity contribution in [1.29, 1.82) is 0 Å². The Kier molecular flexibility index (Phi) is 5.23. The second kappa shape index (κ2) is 5.92. The van der Waals surface area contributed by atoms with Gasteiger partial charge in [-0.2, -0.15) is 0 Å². The smallest absolute Gasteiger partial charge is 0.327 e. The number of carboxylic acids is 1. The SMILES string of the molecule is CC(=O)NC(CNCC(N)=O)C(=O)O. The van der Waals surface area contributed by atoms with Crippen LogP contribution in [0.4, 0.5) is 0 Å². The Labute approximate surface area is 80.6 Å². The predicted octanol–water partition coefficient (Wildman–Crippen LogP) is -2.35. The molecular weight excluding hydrogens is 190 g/mol. The lowest BCUT2D eigenvalue weighted by Crippen LogP contribution is -2.47. The van der Waals surface area contributed by atoms with Crippen molar-refractivity contribution in [2.24, 2.45) is 5.73 Å². The predicted molar refractivity (Wildman–Crippen MR) is 47.3 cm³/mol. The van der Waals surface area contributed by atoms with Crippen LogP contribution < -0.4 is 16.4 Å². The number of carboxylic acid groups (broad SMARTS) is 1. The number of carbonyl (C=O) groups is 3. The van der Waals surface area contributed by atoms with Gasteiger partial charge in [-0.3, -0.25) is 9.59 Å². The molecule has 0 bridgehead atoms. The Bertz CT molecular complexity index is 241. The molecule has 7 nitrogen and oxygen atoms in total. The highest BCUT2D eigenvalue weighted by Crippen LogP contribution is 1.82. The van der Waals surface area contributed by atoms with Gasteiger partial charge in [0.25, 0.3) is 0 Å². The molecule has 0 aliphatic rings. The molecule has 2 amide bonds. The maximum Gasteiger partial charge on any atom is 0.327 e. The van der Waals surface area contributed by atoms with E-state index in [1.807, 2.05) is 0 Å². The first-order chi connectivity index (χ1) is 6.43. The summed E-state index contributed by atoms with van der Waals surface area (Å²) in [4.78, 5) is 31.4. The normalized spacial score (nSPS) is 11.8. The Balaban J connectivity index is 3.91.